The van der Waals surface area contributed by atoms with Crippen molar-refractivity contribution in [1.29, 1.82) is 0 Å². The van der Waals surface area contributed by atoms with Crippen molar-refractivity contribution in [2.24, 2.45) is 0 Å². The quantitative estimate of drug-likeness (QED) is 0.335. The Labute approximate surface area is 170 Å². The van der Waals surface area contributed by atoms with Gasteiger partial charge < -0.3 is 5.32 Å². The Kier molecular flexibility index (Phi) is 6.17. The number of anilines is 1. The fourth-order valence-electron chi connectivity index (χ4n) is 2.56. The molecule has 1 heterocycles. The van der Waals surface area contributed by atoms with E-state index < -0.39 is 10.8 Å². The Balaban J connectivity index is 1.62. The van der Waals surface area contributed by atoms with Crippen LogP contribution in [-0.2, 0) is 9.59 Å². The number of nitro groups is 1. The third kappa shape index (κ3) is 4.62. The van der Waals surface area contributed by atoms with Gasteiger partial charge >= 0.3 is 0 Å². The largest absolute Gasteiger partial charge is 0.320 e. The molecule has 1 aliphatic heterocycles. The number of rotatable bonds is 6. The van der Waals surface area contributed by atoms with E-state index in [9.17, 15) is 19.7 Å². The summed E-state index contributed by atoms with van der Waals surface area (Å²) in [5.41, 5.74) is 0.816. The SMILES string of the molecule is O=C(CCN1C(=O)C(=Cc2ccccc2)SC1=S)Nc1ccccc1[N+](=O)[O-]. The van der Waals surface area contributed by atoms with Gasteiger partial charge in [-0.05, 0) is 17.7 Å². The van der Waals surface area contributed by atoms with Gasteiger partial charge in [0.15, 0.2) is 0 Å². The molecule has 1 fully saturated rings. The molecule has 1 aliphatic rings. The van der Waals surface area contributed by atoms with Crippen LogP contribution in [0.4, 0.5) is 11.4 Å². The van der Waals surface area contributed by atoms with E-state index in [2.05, 4.69) is 5.32 Å². The zero-order chi connectivity index (χ0) is 20.1. The lowest BCUT2D eigenvalue weighted by Gasteiger charge is -2.14. The summed E-state index contributed by atoms with van der Waals surface area (Å²) in [5.74, 6) is -0.687. The van der Waals surface area contributed by atoms with E-state index in [1.807, 2.05) is 30.3 Å². The smallest absolute Gasteiger partial charge is 0.292 e. The highest BCUT2D eigenvalue weighted by atomic mass is 32.2. The molecule has 142 valence electrons. The lowest BCUT2D eigenvalue weighted by Crippen LogP contribution is -2.31. The number of hydrogen-bond donors (Lipinski definition) is 1. The summed E-state index contributed by atoms with van der Waals surface area (Å²) < 4.78 is 0.380. The molecule has 3 rings (SSSR count). The van der Waals surface area contributed by atoms with Crippen molar-refractivity contribution >= 4 is 57.6 Å². The molecule has 0 aliphatic carbocycles. The molecule has 1 N–H and O–H groups in total. The van der Waals surface area contributed by atoms with Crippen LogP contribution in [0.2, 0.25) is 0 Å². The molecule has 28 heavy (non-hydrogen) atoms. The normalized spacial score (nSPS) is 15.1. The van der Waals surface area contributed by atoms with Gasteiger partial charge in [-0.1, -0.05) is 66.4 Å². The summed E-state index contributed by atoms with van der Waals surface area (Å²) in [6.07, 6.45) is 1.73. The van der Waals surface area contributed by atoms with Gasteiger partial charge in [0.05, 0.1) is 9.83 Å². The van der Waals surface area contributed by atoms with Gasteiger partial charge in [-0.3, -0.25) is 24.6 Å². The Hall–Kier alpha value is -3.04. The molecule has 0 radical (unpaired) electrons. The maximum absolute atomic E-state index is 12.6. The molecule has 2 amide bonds. The second-order valence-electron chi connectivity index (χ2n) is 5.82. The molecule has 2 aromatic carbocycles. The summed E-state index contributed by atoms with van der Waals surface area (Å²) in [5, 5.41) is 13.5. The van der Waals surface area contributed by atoms with Crippen molar-refractivity contribution in [3.63, 3.8) is 0 Å². The van der Waals surface area contributed by atoms with Crippen molar-refractivity contribution in [1.82, 2.24) is 4.90 Å². The van der Waals surface area contributed by atoms with E-state index >= 15 is 0 Å². The Morgan fingerprint density at radius 3 is 2.57 bits per heavy atom. The van der Waals surface area contributed by atoms with Crippen LogP contribution in [0.25, 0.3) is 6.08 Å². The maximum atomic E-state index is 12.6. The molecule has 1 saturated heterocycles. The maximum Gasteiger partial charge on any atom is 0.292 e. The van der Waals surface area contributed by atoms with E-state index in [1.165, 1.54) is 34.9 Å². The molecular weight excluding hydrogens is 398 g/mol. The minimum Gasteiger partial charge on any atom is -0.320 e. The zero-order valence-corrected chi connectivity index (χ0v) is 16.2. The van der Waals surface area contributed by atoms with E-state index in [4.69, 9.17) is 12.2 Å². The summed E-state index contributed by atoms with van der Waals surface area (Å²) in [6, 6.07) is 15.3. The summed E-state index contributed by atoms with van der Waals surface area (Å²) in [6.45, 7) is 0.100. The van der Waals surface area contributed by atoms with Crippen LogP contribution in [-0.4, -0.2) is 32.5 Å². The topological polar surface area (TPSA) is 92.6 Å². The number of benzene rings is 2. The molecule has 0 unspecified atom stereocenters. The highest BCUT2D eigenvalue weighted by Gasteiger charge is 2.32. The Bertz CT molecular complexity index is 976. The van der Waals surface area contributed by atoms with Crippen molar-refractivity contribution in [2.45, 2.75) is 6.42 Å². The first-order valence-electron chi connectivity index (χ1n) is 8.29. The van der Waals surface area contributed by atoms with Gasteiger partial charge in [0, 0.05) is 19.0 Å². The summed E-state index contributed by atoms with van der Waals surface area (Å²) >= 11 is 6.44. The average Bonchev–Trinajstić information content (AvgIpc) is 2.94. The molecule has 0 atom stereocenters. The van der Waals surface area contributed by atoms with Crippen molar-refractivity contribution < 1.29 is 14.5 Å². The number of thioether (sulfide) groups is 1. The first-order chi connectivity index (χ1) is 13.5. The number of amides is 2. The molecule has 0 saturated carbocycles. The molecule has 2 aromatic rings. The number of hydrogen-bond acceptors (Lipinski definition) is 6. The predicted octanol–water partition coefficient (Wildman–Crippen LogP) is 3.82. The first-order valence-corrected chi connectivity index (χ1v) is 9.52. The second-order valence-corrected chi connectivity index (χ2v) is 7.49. The van der Waals surface area contributed by atoms with Crippen LogP contribution in [0.5, 0.6) is 0 Å². The van der Waals surface area contributed by atoms with E-state index in [0.717, 1.165) is 5.56 Å². The monoisotopic (exact) mass is 413 g/mol. The molecule has 0 spiro atoms. The van der Waals surface area contributed by atoms with E-state index in [-0.39, 0.29) is 30.2 Å². The highest BCUT2D eigenvalue weighted by molar-refractivity contribution is 8.26. The van der Waals surface area contributed by atoms with Crippen molar-refractivity contribution in [3.8, 4) is 0 Å². The Morgan fingerprint density at radius 2 is 1.86 bits per heavy atom. The van der Waals surface area contributed by atoms with Gasteiger partial charge in [-0.15, -0.1) is 0 Å². The number of carbonyl (C=O) groups excluding carboxylic acids is 2. The third-order valence-corrected chi connectivity index (χ3v) is 5.29. The van der Waals surface area contributed by atoms with Gasteiger partial charge in [-0.25, -0.2) is 0 Å². The van der Waals surface area contributed by atoms with Crippen LogP contribution in [0.3, 0.4) is 0 Å². The average molecular weight is 413 g/mol. The minimum atomic E-state index is -0.563. The van der Waals surface area contributed by atoms with E-state index in [0.29, 0.717) is 9.23 Å². The zero-order valence-electron chi connectivity index (χ0n) is 14.5. The molecule has 7 nitrogen and oxygen atoms in total. The first kappa shape index (κ1) is 19.7. The lowest BCUT2D eigenvalue weighted by atomic mass is 10.2. The number of thiocarbonyl (C=S) groups is 1. The standard InChI is InChI=1S/C19H15N3O4S2/c23-17(20-14-8-4-5-9-15(14)22(25)26)10-11-21-18(24)16(28-19(21)27)12-13-6-2-1-3-7-13/h1-9,12H,10-11H2,(H,20,23). The number of nitro benzene ring substituents is 1. The van der Waals surface area contributed by atoms with Gasteiger partial charge in [-0.2, -0.15) is 0 Å². The van der Waals surface area contributed by atoms with Crippen LogP contribution in [0, 0.1) is 10.1 Å². The number of nitrogens with zero attached hydrogens (tertiary/aromatic N) is 2. The molecule has 0 bridgehead atoms. The number of carbonyl (C=O) groups is 2. The fourth-order valence-corrected chi connectivity index (χ4v) is 3.87. The van der Waals surface area contributed by atoms with Gasteiger partial charge in [0.2, 0.25) is 5.91 Å². The number of nitrogens with one attached hydrogen (secondary N) is 1. The second kappa shape index (κ2) is 8.77. The van der Waals surface area contributed by atoms with Crippen LogP contribution in [0.15, 0.2) is 59.5 Å². The minimum absolute atomic E-state index is 0.0306. The van der Waals surface area contributed by atoms with Crippen LogP contribution >= 0.6 is 24.0 Å². The van der Waals surface area contributed by atoms with Crippen LogP contribution in [0.1, 0.15) is 12.0 Å². The fraction of sp³-hybridized carbons (Fsp3) is 0.105. The highest BCUT2D eigenvalue weighted by Crippen LogP contribution is 2.32. The lowest BCUT2D eigenvalue weighted by molar-refractivity contribution is -0.383. The van der Waals surface area contributed by atoms with Gasteiger partial charge in [0.1, 0.15) is 10.0 Å². The molecular formula is C19H15N3O4S2. The van der Waals surface area contributed by atoms with E-state index in [1.54, 1.807) is 12.1 Å². The summed E-state index contributed by atoms with van der Waals surface area (Å²) in [4.78, 5) is 37.1. The number of para-hydroxylation sites is 2. The van der Waals surface area contributed by atoms with Gasteiger partial charge in [0.25, 0.3) is 11.6 Å². The van der Waals surface area contributed by atoms with Crippen molar-refractivity contribution in [3.05, 3.63) is 75.2 Å². The van der Waals surface area contributed by atoms with Crippen molar-refractivity contribution in [2.75, 3.05) is 11.9 Å². The molecule has 9 heteroatoms. The third-order valence-electron chi connectivity index (χ3n) is 3.91. The molecule has 0 aromatic heterocycles. The Morgan fingerprint density at radius 1 is 1.18 bits per heavy atom. The van der Waals surface area contributed by atoms with Crippen LogP contribution < -0.4 is 5.32 Å². The summed E-state index contributed by atoms with van der Waals surface area (Å²) in [7, 11) is 0. The predicted molar refractivity (Wildman–Crippen MR) is 113 cm³/mol.